The van der Waals surface area contributed by atoms with Crippen molar-refractivity contribution in [2.75, 3.05) is 6.61 Å². The Morgan fingerprint density at radius 2 is 1.85 bits per heavy atom. The van der Waals surface area contributed by atoms with Crippen LogP contribution in [0.4, 0.5) is 0 Å². The Morgan fingerprint density at radius 3 is 2.50 bits per heavy atom. The van der Waals surface area contributed by atoms with Crippen LogP contribution in [0.2, 0.25) is 0 Å². The Kier molecular flexibility index (Phi) is 10.6. The van der Waals surface area contributed by atoms with Crippen LogP contribution in [0.25, 0.3) is 0 Å². The van der Waals surface area contributed by atoms with E-state index in [4.69, 9.17) is 4.74 Å². The van der Waals surface area contributed by atoms with E-state index in [0.717, 1.165) is 12.8 Å². The quantitative estimate of drug-likeness (QED) is 0.491. The van der Waals surface area contributed by atoms with Gasteiger partial charge in [0.2, 0.25) is 0 Å². The minimum atomic E-state index is -1.40. The average Bonchev–Trinajstić information content (AvgIpc) is 2.39. The van der Waals surface area contributed by atoms with Gasteiger partial charge in [-0.15, -0.1) is 0 Å². The summed E-state index contributed by atoms with van der Waals surface area (Å²) >= 11 is 0. The third-order valence-electron chi connectivity index (χ3n) is 2.95. The van der Waals surface area contributed by atoms with Gasteiger partial charge in [0.25, 0.3) is 0 Å². The van der Waals surface area contributed by atoms with Crippen LogP contribution in [-0.4, -0.2) is 17.7 Å². The van der Waals surface area contributed by atoms with Gasteiger partial charge in [0.15, 0.2) is 0 Å². The van der Waals surface area contributed by atoms with Gasteiger partial charge >= 0.3 is 29.6 Å². The number of phenols is 1. The van der Waals surface area contributed by atoms with Crippen LogP contribution in [0, 0.1) is 0 Å². The smallest absolute Gasteiger partial charge is 0.545 e. The number of carbonyl (C=O) groups is 1. The number of carbonyl (C=O) groups excluding carboxylic acids is 1. The zero-order valence-corrected chi connectivity index (χ0v) is 14.4. The van der Waals surface area contributed by atoms with E-state index in [0.29, 0.717) is 12.4 Å². The van der Waals surface area contributed by atoms with Gasteiger partial charge < -0.3 is 19.7 Å². The van der Waals surface area contributed by atoms with Crippen molar-refractivity contribution < 1.29 is 49.3 Å². The molecule has 1 rings (SSSR count). The molecule has 5 heteroatoms. The van der Waals surface area contributed by atoms with E-state index in [1.807, 2.05) is 0 Å². The number of hydrogen-bond donors (Lipinski definition) is 1. The van der Waals surface area contributed by atoms with Gasteiger partial charge in [-0.1, -0.05) is 39.0 Å². The third-order valence-corrected chi connectivity index (χ3v) is 2.95. The van der Waals surface area contributed by atoms with E-state index in [9.17, 15) is 15.0 Å². The fraction of sp³-hybridized carbons (Fsp3) is 0.533. The molecule has 1 N–H and O–H groups in total. The number of aromatic carboxylic acids is 1. The SMILES string of the molecule is CCCCCCCCOc1ccc(O)c(C(=O)[O-])c1.[Na+]. The summed E-state index contributed by atoms with van der Waals surface area (Å²) in [6, 6.07) is 4.16. The molecule has 0 bridgehead atoms. The van der Waals surface area contributed by atoms with Crippen LogP contribution in [-0.2, 0) is 0 Å². The second-order valence-corrected chi connectivity index (χ2v) is 4.58. The number of benzene rings is 1. The minimum Gasteiger partial charge on any atom is -0.545 e. The Morgan fingerprint density at radius 1 is 1.20 bits per heavy atom. The Balaban J connectivity index is 0.00000361. The summed E-state index contributed by atoms with van der Waals surface area (Å²) in [4.78, 5) is 10.7. The first-order valence-corrected chi connectivity index (χ1v) is 6.82. The second-order valence-electron chi connectivity index (χ2n) is 4.58. The molecule has 0 aliphatic heterocycles. The van der Waals surface area contributed by atoms with Crippen molar-refractivity contribution in [3.05, 3.63) is 23.8 Å². The molecule has 0 amide bonds. The van der Waals surface area contributed by atoms with Crippen molar-refractivity contribution in [2.24, 2.45) is 0 Å². The van der Waals surface area contributed by atoms with Gasteiger partial charge in [-0.05, 0) is 24.6 Å². The van der Waals surface area contributed by atoms with Crippen LogP contribution in [0.1, 0.15) is 55.8 Å². The Hall–Kier alpha value is -0.710. The first-order chi connectivity index (χ1) is 9.15. The van der Waals surface area contributed by atoms with Crippen LogP contribution in [0.3, 0.4) is 0 Å². The Labute approximate surface area is 142 Å². The maximum Gasteiger partial charge on any atom is 1.00 e. The number of ether oxygens (including phenoxy) is 1. The van der Waals surface area contributed by atoms with Gasteiger partial charge in [-0.25, -0.2) is 0 Å². The van der Waals surface area contributed by atoms with Gasteiger partial charge in [0.1, 0.15) is 11.5 Å². The average molecular weight is 288 g/mol. The van der Waals surface area contributed by atoms with E-state index >= 15 is 0 Å². The zero-order chi connectivity index (χ0) is 14.1. The summed E-state index contributed by atoms with van der Waals surface area (Å²) in [6.45, 7) is 2.74. The first-order valence-electron chi connectivity index (χ1n) is 6.82. The van der Waals surface area contributed by atoms with E-state index in [2.05, 4.69) is 6.92 Å². The largest absolute Gasteiger partial charge is 1.00 e. The maximum absolute atomic E-state index is 10.7. The molecule has 0 saturated carbocycles. The molecule has 0 radical (unpaired) electrons. The fourth-order valence-corrected chi connectivity index (χ4v) is 1.84. The summed E-state index contributed by atoms with van der Waals surface area (Å²) in [6.07, 6.45) is 7.03. The summed E-state index contributed by atoms with van der Waals surface area (Å²) in [5.74, 6) is -1.25. The summed E-state index contributed by atoms with van der Waals surface area (Å²) in [7, 11) is 0. The predicted molar refractivity (Wildman–Crippen MR) is 71.3 cm³/mol. The molecule has 0 unspecified atom stereocenters. The second kappa shape index (κ2) is 11.0. The molecule has 1 aromatic rings. The third kappa shape index (κ3) is 7.17. The molecule has 0 heterocycles. The molecule has 0 atom stereocenters. The molecule has 1 aromatic carbocycles. The van der Waals surface area contributed by atoms with Gasteiger partial charge in [0, 0.05) is 5.56 Å². The zero-order valence-electron chi connectivity index (χ0n) is 12.4. The molecular formula is C15H21NaO4. The number of unbranched alkanes of at least 4 members (excludes halogenated alkanes) is 5. The number of rotatable bonds is 9. The maximum atomic E-state index is 10.7. The van der Waals surface area contributed by atoms with E-state index < -0.39 is 5.97 Å². The molecule has 0 spiro atoms. The van der Waals surface area contributed by atoms with Crippen molar-refractivity contribution in [1.29, 1.82) is 0 Å². The predicted octanol–water partition coefficient (Wildman–Crippen LogP) is -0.501. The van der Waals surface area contributed by atoms with Crippen molar-refractivity contribution >= 4 is 5.97 Å². The number of hydrogen-bond acceptors (Lipinski definition) is 4. The summed E-state index contributed by atoms with van der Waals surface area (Å²) in [5.41, 5.74) is -0.236. The number of carboxylic acid groups (broad SMARTS) is 1. The van der Waals surface area contributed by atoms with Crippen molar-refractivity contribution in [2.45, 2.75) is 45.4 Å². The molecule has 0 fully saturated rings. The standard InChI is InChI=1S/C15H22O4.Na/c1-2-3-4-5-6-7-10-19-12-8-9-14(16)13(11-12)15(17)18;/h8-9,11,16H,2-7,10H2,1H3,(H,17,18);/q;+1/p-1. The Bertz CT molecular complexity index is 407. The van der Waals surface area contributed by atoms with Crippen LogP contribution >= 0.6 is 0 Å². The van der Waals surface area contributed by atoms with E-state index in [-0.39, 0.29) is 40.9 Å². The van der Waals surface area contributed by atoms with Crippen LogP contribution in [0.15, 0.2) is 18.2 Å². The summed E-state index contributed by atoms with van der Waals surface area (Å²) < 4.78 is 5.46. The molecule has 0 aliphatic carbocycles. The molecule has 0 aliphatic rings. The molecule has 0 aromatic heterocycles. The van der Waals surface area contributed by atoms with Gasteiger partial charge in [0.05, 0.1) is 12.6 Å². The van der Waals surface area contributed by atoms with Gasteiger partial charge in [-0.2, -0.15) is 0 Å². The van der Waals surface area contributed by atoms with E-state index in [1.54, 1.807) is 6.07 Å². The fourth-order valence-electron chi connectivity index (χ4n) is 1.84. The van der Waals surface area contributed by atoms with Crippen LogP contribution < -0.4 is 39.4 Å². The first kappa shape index (κ1) is 19.3. The minimum absolute atomic E-state index is 0. The number of aromatic hydroxyl groups is 1. The van der Waals surface area contributed by atoms with Crippen molar-refractivity contribution in [1.82, 2.24) is 0 Å². The van der Waals surface area contributed by atoms with E-state index in [1.165, 1.54) is 37.8 Å². The molecule has 20 heavy (non-hydrogen) atoms. The number of carboxylic acids is 1. The monoisotopic (exact) mass is 288 g/mol. The van der Waals surface area contributed by atoms with Crippen LogP contribution in [0.5, 0.6) is 11.5 Å². The molecule has 4 nitrogen and oxygen atoms in total. The van der Waals surface area contributed by atoms with Crippen molar-refractivity contribution in [3.8, 4) is 11.5 Å². The van der Waals surface area contributed by atoms with Gasteiger partial charge in [-0.3, -0.25) is 0 Å². The normalized spacial score (nSPS) is 9.85. The van der Waals surface area contributed by atoms with Crippen molar-refractivity contribution in [3.63, 3.8) is 0 Å². The molecule has 106 valence electrons. The summed E-state index contributed by atoms with van der Waals surface area (Å²) in [5, 5.41) is 20.0. The topological polar surface area (TPSA) is 69.6 Å². The molecule has 0 saturated heterocycles. The molecular weight excluding hydrogens is 267 g/mol.